The van der Waals surface area contributed by atoms with E-state index in [1.165, 1.54) is 18.3 Å². The molecule has 20 heavy (non-hydrogen) atoms. The SMILES string of the molecule is CC(C)c1cc2nc(-c3ccc(F)cc3)cn2cc1F. The zero-order chi connectivity index (χ0) is 14.3. The molecule has 0 atom stereocenters. The van der Waals surface area contributed by atoms with Crippen molar-refractivity contribution in [3.63, 3.8) is 0 Å². The number of fused-ring (bicyclic) bond motifs is 1. The van der Waals surface area contributed by atoms with E-state index in [9.17, 15) is 8.78 Å². The summed E-state index contributed by atoms with van der Waals surface area (Å²) in [6, 6.07) is 7.86. The van der Waals surface area contributed by atoms with Crippen LogP contribution in [0.1, 0.15) is 25.3 Å². The lowest BCUT2D eigenvalue weighted by atomic mass is 10.0. The summed E-state index contributed by atoms with van der Waals surface area (Å²) in [6.45, 7) is 3.89. The molecule has 2 heterocycles. The Hall–Kier alpha value is -2.23. The average Bonchev–Trinajstić information content (AvgIpc) is 2.81. The molecule has 3 aromatic rings. The maximum Gasteiger partial charge on any atom is 0.143 e. The Labute approximate surface area is 115 Å². The Morgan fingerprint density at radius 3 is 2.40 bits per heavy atom. The van der Waals surface area contributed by atoms with Crippen LogP contribution in [0.4, 0.5) is 8.78 Å². The number of rotatable bonds is 2. The molecular formula is C16H14F2N2. The fraction of sp³-hybridized carbons (Fsp3) is 0.188. The van der Waals surface area contributed by atoms with Gasteiger partial charge in [0.25, 0.3) is 0 Å². The fourth-order valence-corrected chi connectivity index (χ4v) is 2.22. The summed E-state index contributed by atoms with van der Waals surface area (Å²) in [5, 5.41) is 0. The molecule has 0 bridgehead atoms. The van der Waals surface area contributed by atoms with Crippen LogP contribution in [0.2, 0.25) is 0 Å². The summed E-state index contributed by atoms with van der Waals surface area (Å²) in [6.07, 6.45) is 3.18. The first-order valence-electron chi connectivity index (χ1n) is 6.48. The minimum absolute atomic E-state index is 0.103. The van der Waals surface area contributed by atoms with Gasteiger partial charge in [0.2, 0.25) is 0 Å². The van der Waals surface area contributed by atoms with Crippen molar-refractivity contribution in [2.24, 2.45) is 0 Å². The molecule has 0 aliphatic carbocycles. The molecule has 0 aliphatic heterocycles. The molecule has 3 rings (SSSR count). The first kappa shape index (κ1) is 12.8. The Kier molecular flexibility index (Phi) is 3.01. The number of hydrogen-bond donors (Lipinski definition) is 0. The molecule has 0 spiro atoms. The smallest absolute Gasteiger partial charge is 0.143 e. The molecule has 4 heteroatoms. The number of benzene rings is 1. The van der Waals surface area contributed by atoms with Crippen molar-refractivity contribution in [2.75, 3.05) is 0 Å². The van der Waals surface area contributed by atoms with Crippen LogP contribution in [-0.4, -0.2) is 9.38 Å². The number of hydrogen-bond acceptors (Lipinski definition) is 1. The molecule has 0 N–H and O–H groups in total. The molecule has 0 saturated carbocycles. The van der Waals surface area contributed by atoms with Gasteiger partial charge in [-0.25, -0.2) is 13.8 Å². The lowest BCUT2D eigenvalue weighted by Gasteiger charge is -2.06. The van der Waals surface area contributed by atoms with Gasteiger partial charge in [-0.05, 0) is 41.8 Å². The number of pyridine rings is 1. The first-order chi connectivity index (χ1) is 9.54. The van der Waals surface area contributed by atoms with Gasteiger partial charge in [0.05, 0.1) is 5.69 Å². The van der Waals surface area contributed by atoms with Gasteiger partial charge in [-0.15, -0.1) is 0 Å². The molecule has 0 aliphatic rings. The molecular weight excluding hydrogens is 258 g/mol. The monoisotopic (exact) mass is 272 g/mol. The van der Waals surface area contributed by atoms with Gasteiger partial charge in [0.1, 0.15) is 17.3 Å². The topological polar surface area (TPSA) is 17.3 Å². The summed E-state index contributed by atoms with van der Waals surface area (Å²) in [4.78, 5) is 4.47. The maximum atomic E-state index is 13.9. The summed E-state index contributed by atoms with van der Waals surface area (Å²) < 4.78 is 28.5. The molecule has 1 aromatic carbocycles. The van der Waals surface area contributed by atoms with Crippen LogP contribution in [0.5, 0.6) is 0 Å². The quantitative estimate of drug-likeness (QED) is 0.675. The fourth-order valence-electron chi connectivity index (χ4n) is 2.22. The van der Waals surface area contributed by atoms with E-state index in [0.717, 1.165) is 5.56 Å². The van der Waals surface area contributed by atoms with Crippen LogP contribution in [0.3, 0.4) is 0 Å². The number of nitrogens with zero attached hydrogens (tertiary/aromatic N) is 2. The van der Waals surface area contributed by atoms with Crippen LogP contribution in [-0.2, 0) is 0 Å². The van der Waals surface area contributed by atoms with E-state index in [2.05, 4.69) is 4.98 Å². The number of halogens is 2. The minimum Gasteiger partial charge on any atom is -0.303 e. The highest BCUT2D eigenvalue weighted by molar-refractivity contribution is 5.62. The van der Waals surface area contributed by atoms with Gasteiger partial charge in [-0.3, -0.25) is 0 Å². The Balaban J connectivity index is 2.13. The van der Waals surface area contributed by atoms with Crippen molar-refractivity contribution in [1.29, 1.82) is 0 Å². The van der Waals surface area contributed by atoms with E-state index in [0.29, 0.717) is 16.9 Å². The van der Waals surface area contributed by atoms with E-state index >= 15 is 0 Å². The van der Waals surface area contributed by atoms with Crippen molar-refractivity contribution in [2.45, 2.75) is 19.8 Å². The maximum absolute atomic E-state index is 13.9. The largest absolute Gasteiger partial charge is 0.303 e. The van der Waals surface area contributed by atoms with Gasteiger partial charge in [-0.1, -0.05) is 13.8 Å². The second kappa shape index (κ2) is 4.71. The lowest BCUT2D eigenvalue weighted by Crippen LogP contribution is -1.96. The predicted molar refractivity (Wildman–Crippen MR) is 74.6 cm³/mol. The lowest BCUT2D eigenvalue weighted by molar-refractivity contribution is 0.590. The third-order valence-electron chi connectivity index (χ3n) is 3.34. The summed E-state index contributed by atoms with van der Waals surface area (Å²) in [7, 11) is 0. The van der Waals surface area contributed by atoms with Crippen molar-refractivity contribution in [1.82, 2.24) is 9.38 Å². The van der Waals surface area contributed by atoms with E-state index in [4.69, 9.17) is 0 Å². The van der Waals surface area contributed by atoms with Crippen LogP contribution in [0.15, 0.2) is 42.7 Å². The highest BCUT2D eigenvalue weighted by Crippen LogP contribution is 2.24. The second-order valence-corrected chi connectivity index (χ2v) is 5.13. The van der Waals surface area contributed by atoms with Crippen LogP contribution < -0.4 is 0 Å². The van der Waals surface area contributed by atoms with Crippen molar-refractivity contribution < 1.29 is 8.78 Å². The molecule has 0 radical (unpaired) electrons. The zero-order valence-corrected chi connectivity index (χ0v) is 11.3. The highest BCUT2D eigenvalue weighted by Gasteiger charge is 2.11. The van der Waals surface area contributed by atoms with Crippen LogP contribution >= 0.6 is 0 Å². The van der Waals surface area contributed by atoms with E-state index in [1.54, 1.807) is 28.8 Å². The summed E-state index contributed by atoms with van der Waals surface area (Å²) >= 11 is 0. The van der Waals surface area contributed by atoms with Crippen molar-refractivity contribution in [3.8, 4) is 11.3 Å². The Bertz CT molecular complexity index is 758. The Morgan fingerprint density at radius 2 is 1.75 bits per heavy atom. The second-order valence-electron chi connectivity index (χ2n) is 5.13. The van der Waals surface area contributed by atoms with Gasteiger partial charge in [-0.2, -0.15) is 0 Å². The molecule has 2 aromatic heterocycles. The molecule has 2 nitrogen and oxygen atoms in total. The summed E-state index contributed by atoms with van der Waals surface area (Å²) in [5.41, 5.74) is 2.84. The third-order valence-corrected chi connectivity index (χ3v) is 3.34. The molecule has 0 unspecified atom stereocenters. The van der Waals surface area contributed by atoms with Crippen LogP contribution in [0, 0.1) is 11.6 Å². The minimum atomic E-state index is -0.286. The number of aromatic nitrogens is 2. The normalized spacial score (nSPS) is 11.4. The van der Waals surface area contributed by atoms with E-state index in [-0.39, 0.29) is 17.6 Å². The summed E-state index contributed by atoms with van der Waals surface area (Å²) in [5.74, 6) is -0.424. The first-order valence-corrected chi connectivity index (χ1v) is 6.48. The van der Waals surface area contributed by atoms with Crippen LogP contribution in [0.25, 0.3) is 16.9 Å². The van der Waals surface area contributed by atoms with Crippen molar-refractivity contribution in [3.05, 3.63) is 59.9 Å². The van der Waals surface area contributed by atoms with Gasteiger partial charge in [0, 0.05) is 18.0 Å². The molecule has 0 fully saturated rings. The van der Waals surface area contributed by atoms with Crippen molar-refractivity contribution >= 4 is 5.65 Å². The zero-order valence-electron chi connectivity index (χ0n) is 11.3. The van der Waals surface area contributed by atoms with Gasteiger partial charge in [0.15, 0.2) is 0 Å². The highest BCUT2D eigenvalue weighted by atomic mass is 19.1. The molecule has 102 valence electrons. The average molecular weight is 272 g/mol. The third kappa shape index (κ3) is 2.18. The van der Waals surface area contributed by atoms with E-state index < -0.39 is 0 Å². The molecule has 0 saturated heterocycles. The molecule has 0 amide bonds. The van der Waals surface area contributed by atoms with Gasteiger partial charge < -0.3 is 4.40 Å². The predicted octanol–water partition coefficient (Wildman–Crippen LogP) is 4.40. The van der Waals surface area contributed by atoms with E-state index in [1.807, 2.05) is 13.8 Å². The Morgan fingerprint density at radius 1 is 1.05 bits per heavy atom. The van der Waals surface area contributed by atoms with Gasteiger partial charge >= 0.3 is 0 Å². The number of imidazole rings is 1. The standard InChI is InChI=1S/C16H14F2N2/c1-10(2)13-7-16-19-15(9-20(16)8-14(13)18)11-3-5-12(17)6-4-11/h3-10H,1-2H3.